The highest BCUT2D eigenvalue weighted by atomic mass is 16.1. The van der Waals surface area contributed by atoms with E-state index < -0.39 is 0 Å². The smallest absolute Gasteiger partial charge is 0.251 e. The number of aromatic nitrogens is 1. The van der Waals surface area contributed by atoms with Gasteiger partial charge in [0, 0.05) is 30.1 Å². The first-order valence-electron chi connectivity index (χ1n) is 13.1. The van der Waals surface area contributed by atoms with Crippen LogP contribution in [0.5, 0.6) is 0 Å². The van der Waals surface area contributed by atoms with Crippen LogP contribution >= 0.6 is 0 Å². The van der Waals surface area contributed by atoms with Gasteiger partial charge in [-0.2, -0.15) is 0 Å². The number of amides is 1. The lowest BCUT2D eigenvalue weighted by Gasteiger charge is -2.38. The Morgan fingerprint density at radius 3 is 2.22 bits per heavy atom. The van der Waals surface area contributed by atoms with Gasteiger partial charge >= 0.3 is 0 Å². The molecule has 1 aliphatic heterocycles. The van der Waals surface area contributed by atoms with Crippen molar-refractivity contribution < 1.29 is 4.79 Å². The minimum absolute atomic E-state index is 0.0657. The fourth-order valence-electron chi connectivity index (χ4n) is 5.18. The average molecular weight is 480 g/mol. The predicted octanol–water partition coefficient (Wildman–Crippen LogP) is 6.44. The second-order valence-electron chi connectivity index (χ2n) is 9.51. The molecule has 0 aliphatic carbocycles. The molecule has 36 heavy (non-hydrogen) atoms. The first-order valence-corrected chi connectivity index (χ1v) is 13.1. The van der Waals surface area contributed by atoms with Crippen molar-refractivity contribution in [2.24, 2.45) is 5.92 Å². The van der Waals surface area contributed by atoms with E-state index in [1.54, 1.807) is 24.5 Å². The maximum absolute atomic E-state index is 12.7. The Hall–Kier alpha value is -3.50. The first kappa shape index (κ1) is 25.6. The van der Waals surface area contributed by atoms with Crippen LogP contribution in [0.3, 0.4) is 0 Å². The number of rotatable bonds is 11. The van der Waals surface area contributed by atoms with Crippen molar-refractivity contribution in [1.82, 2.24) is 15.2 Å². The maximum Gasteiger partial charge on any atom is 0.251 e. The highest BCUT2D eigenvalue weighted by Gasteiger charge is 2.27. The van der Waals surface area contributed by atoms with Gasteiger partial charge in [0.15, 0.2) is 0 Å². The van der Waals surface area contributed by atoms with Gasteiger partial charge in [0.25, 0.3) is 5.91 Å². The van der Waals surface area contributed by atoms with E-state index in [0.717, 1.165) is 37.4 Å². The molecule has 1 fully saturated rings. The molecule has 0 saturated carbocycles. The standard InChI is InChI=1S/C32H37N3O/c1-2-12-30(29-18-11-21-33-25-29)32(36)34-22-10-9-13-26-19-23-35(24-20-26)31(27-14-5-3-6-15-27)28-16-7-4-8-17-28/h2-8,11-12,14-18,21,25-26,31H,1,9-10,13,19-20,22-24H2,(H,34,36)/b30-12+. The van der Waals surface area contributed by atoms with Gasteiger partial charge in [0.05, 0.1) is 6.04 Å². The van der Waals surface area contributed by atoms with Crippen molar-refractivity contribution >= 4 is 11.5 Å². The molecule has 3 aromatic rings. The van der Waals surface area contributed by atoms with Gasteiger partial charge in [-0.05, 0) is 61.5 Å². The van der Waals surface area contributed by atoms with Crippen LogP contribution in [0.15, 0.2) is 104 Å². The molecular formula is C32H37N3O. The molecule has 1 aromatic heterocycles. The Bertz CT molecular complexity index is 1060. The van der Waals surface area contributed by atoms with E-state index >= 15 is 0 Å². The summed E-state index contributed by atoms with van der Waals surface area (Å²) in [7, 11) is 0. The van der Waals surface area contributed by atoms with E-state index in [9.17, 15) is 4.79 Å². The first-order chi connectivity index (χ1) is 17.8. The van der Waals surface area contributed by atoms with Gasteiger partial charge in [-0.3, -0.25) is 14.7 Å². The number of allylic oxidation sites excluding steroid dienone is 2. The Balaban J connectivity index is 1.22. The van der Waals surface area contributed by atoms with Crippen LogP contribution in [0.1, 0.15) is 54.8 Å². The highest BCUT2D eigenvalue weighted by molar-refractivity contribution is 6.19. The van der Waals surface area contributed by atoms with Crippen LogP contribution in [0.4, 0.5) is 0 Å². The van der Waals surface area contributed by atoms with Crippen LogP contribution in [-0.2, 0) is 4.79 Å². The van der Waals surface area contributed by atoms with Crippen molar-refractivity contribution in [2.75, 3.05) is 19.6 Å². The number of nitrogens with zero attached hydrogens (tertiary/aromatic N) is 2. The molecule has 2 heterocycles. The van der Waals surface area contributed by atoms with E-state index in [-0.39, 0.29) is 5.91 Å². The van der Waals surface area contributed by atoms with Crippen LogP contribution in [0, 0.1) is 5.92 Å². The highest BCUT2D eigenvalue weighted by Crippen LogP contribution is 2.33. The third-order valence-electron chi connectivity index (χ3n) is 7.07. The molecule has 1 N–H and O–H groups in total. The second-order valence-corrected chi connectivity index (χ2v) is 9.51. The quantitative estimate of drug-likeness (QED) is 0.196. The zero-order valence-corrected chi connectivity index (χ0v) is 21.1. The number of carbonyl (C=O) groups excluding carboxylic acids is 1. The zero-order chi connectivity index (χ0) is 25.0. The SMILES string of the molecule is C=C/C=C(/C(=O)NCCCCC1CCN(C(c2ccccc2)c2ccccc2)CC1)c1cccnc1. The molecule has 4 heteroatoms. The maximum atomic E-state index is 12.7. The van der Waals surface area contributed by atoms with Gasteiger partial charge in [0.2, 0.25) is 0 Å². The lowest BCUT2D eigenvalue weighted by Crippen LogP contribution is -2.37. The number of hydrogen-bond donors (Lipinski definition) is 1. The molecule has 0 spiro atoms. The summed E-state index contributed by atoms with van der Waals surface area (Å²) in [5.74, 6) is 0.694. The van der Waals surface area contributed by atoms with Gasteiger partial charge in [-0.25, -0.2) is 0 Å². The molecule has 186 valence electrons. The Morgan fingerprint density at radius 2 is 1.64 bits per heavy atom. The topological polar surface area (TPSA) is 45.2 Å². The monoisotopic (exact) mass is 479 g/mol. The molecule has 1 aliphatic rings. The molecule has 4 nitrogen and oxygen atoms in total. The fraction of sp³-hybridized carbons (Fsp3) is 0.312. The summed E-state index contributed by atoms with van der Waals surface area (Å²) < 4.78 is 0. The van der Waals surface area contributed by atoms with Crippen LogP contribution in [0.25, 0.3) is 5.57 Å². The van der Waals surface area contributed by atoms with E-state index in [1.807, 2.05) is 12.1 Å². The van der Waals surface area contributed by atoms with E-state index in [1.165, 1.54) is 30.4 Å². The fourth-order valence-corrected chi connectivity index (χ4v) is 5.18. The summed E-state index contributed by atoms with van der Waals surface area (Å²) in [6, 6.07) is 25.8. The number of hydrogen-bond acceptors (Lipinski definition) is 3. The number of pyridine rings is 1. The van der Waals surface area contributed by atoms with Crippen molar-refractivity contribution in [3.05, 3.63) is 121 Å². The molecular weight excluding hydrogens is 442 g/mol. The Labute approximate surface area is 215 Å². The minimum Gasteiger partial charge on any atom is -0.352 e. The number of benzene rings is 2. The number of unbranched alkanes of at least 4 members (excludes halogenated alkanes) is 1. The number of nitrogens with one attached hydrogen (secondary N) is 1. The number of piperidine rings is 1. The van der Waals surface area contributed by atoms with Gasteiger partial charge in [-0.15, -0.1) is 0 Å². The van der Waals surface area contributed by atoms with Crippen molar-refractivity contribution in [1.29, 1.82) is 0 Å². The largest absolute Gasteiger partial charge is 0.352 e. The van der Waals surface area contributed by atoms with Gasteiger partial charge in [-0.1, -0.05) is 92.2 Å². The molecule has 0 bridgehead atoms. The zero-order valence-electron chi connectivity index (χ0n) is 21.1. The third-order valence-corrected chi connectivity index (χ3v) is 7.07. The molecule has 2 aromatic carbocycles. The summed E-state index contributed by atoms with van der Waals surface area (Å²) >= 11 is 0. The van der Waals surface area contributed by atoms with Crippen LogP contribution in [-0.4, -0.2) is 35.4 Å². The molecule has 1 saturated heterocycles. The number of carbonyl (C=O) groups is 1. The summed E-state index contributed by atoms with van der Waals surface area (Å²) in [5, 5.41) is 3.07. The molecule has 0 unspecified atom stereocenters. The summed E-state index contributed by atoms with van der Waals surface area (Å²) in [6.45, 7) is 6.67. The predicted molar refractivity (Wildman–Crippen MR) is 148 cm³/mol. The summed E-state index contributed by atoms with van der Waals surface area (Å²) in [4.78, 5) is 19.4. The summed E-state index contributed by atoms with van der Waals surface area (Å²) in [6.07, 6.45) is 12.6. The lowest BCUT2D eigenvalue weighted by molar-refractivity contribution is -0.115. The van der Waals surface area contributed by atoms with E-state index in [2.05, 4.69) is 82.4 Å². The normalized spacial score (nSPS) is 15.1. The average Bonchev–Trinajstić information content (AvgIpc) is 2.94. The van der Waals surface area contributed by atoms with E-state index in [0.29, 0.717) is 18.2 Å². The Kier molecular flexibility index (Phi) is 9.63. The lowest BCUT2D eigenvalue weighted by atomic mass is 9.88. The molecule has 0 atom stereocenters. The number of likely N-dealkylation sites (tertiary alicyclic amines) is 1. The third kappa shape index (κ3) is 7.02. The molecule has 1 amide bonds. The van der Waals surface area contributed by atoms with Crippen LogP contribution < -0.4 is 5.32 Å². The second kappa shape index (κ2) is 13.6. The van der Waals surface area contributed by atoms with Crippen molar-refractivity contribution in [2.45, 2.75) is 38.1 Å². The molecule has 4 rings (SSSR count). The van der Waals surface area contributed by atoms with Crippen molar-refractivity contribution in [3.8, 4) is 0 Å². The van der Waals surface area contributed by atoms with E-state index in [4.69, 9.17) is 0 Å². The molecule has 0 radical (unpaired) electrons. The minimum atomic E-state index is -0.0657. The van der Waals surface area contributed by atoms with Gasteiger partial charge < -0.3 is 5.32 Å². The Morgan fingerprint density at radius 1 is 0.972 bits per heavy atom. The summed E-state index contributed by atoms with van der Waals surface area (Å²) in [5.41, 5.74) is 4.16. The van der Waals surface area contributed by atoms with Crippen LogP contribution in [0.2, 0.25) is 0 Å². The van der Waals surface area contributed by atoms with Gasteiger partial charge in [0.1, 0.15) is 0 Å². The van der Waals surface area contributed by atoms with Crippen molar-refractivity contribution in [3.63, 3.8) is 0 Å².